The summed E-state index contributed by atoms with van der Waals surface area (Å²) in [7, 11) is 3.59. The third-order valence-electron chi connectivity index (χ3n) is 4.04. The Morgan fingerprint density at radius 3 is 2.79 bits per heavy atom. The highest BCUT2D eigenvalue weighted by molar-refractivity contribution is 5.73. The van der Waals surface area contributed by atoms with Crippen molar-refractivity contribution in [2.24, 2.45) is 11.8 Å². The first-order valence-electron chi connectivity index (χ1n) is 6.93. The monoisotopic (exact) mass is 261 g/mol. The Hall–Kier alpha value is -1.51. The van der Waals surface area contributed by atoms with Crippen LogP contribution in [0.1, 0.15) is 25.0 Å². The Morgan fingerprint density at radius 1 is 1.42 bits per heavy atom. The molecule has 0 bridgehead atoms. The van der Waals surface area contributed by atoms with Gasteiger partial charge in [-0.15, -0.1) is 0 Å². The number of nitrogens with zero attached hydrogens (tertiary/aromatic N) is 1. The van der Waals surface area contributed by atoms with Crippen LogP contribution in [0.5, 0.6) is 0 Å². The fraction of sp³-hybridized carbons (Fsp3) is 0.562. The van der Waals surface area contributed by atoms with Gasteiger partial charge in [-0.1, -0.05) is 26.0 Å². The molecule has 1 aromatic rings. The standard InChI is InChI=1S/C16H23NO2/c1-11(2)14(16(18)19-4)10-12-5-6-15-13(9-12)7-8-17(15)3/h5-6,9,11,14H,7-8,10H2,1-4H3. The van der Waals surface area contributed by atoms with Crippen molar-refractivity contribution < 1.29 is 9.53 Å². The smallest absolute Gasteiger partial charge is 0.309 e. The van der Waals surface area contributed by atoms with Crippen molar-refractivity contribution >= 4 is 11.7 Å². The van der Waals surface area contributed by atoms with Gasteiger partial charge in [0.2, 0.25) is 0 Å². The number of likely N-dealkylation sites (N-methyl/N-ethyl adjacent to an activating group) is 1. The molecule has 0 fully saturated rings. The highest BCUT2D eigenvalue weighted by Crippen LogP contribution is 2.29. The fourth-order valence-electron chi connectivity index (χ4n) is 2.74. The number of methoxy groups -OCH3 is 1. The van der Waals surface area contributed by atoms with E-state index in [2.05, 4.69) is 44.0 Å². The number of fused-ring (bicyclic) bond motifs is 1. The Kier molecular flexibility index (Phi) is 4.13. The molecule has 0 radical (unpaired) electrons. The predicted molar refractivity (Wildman–Crippen MR) is 77.5 cm³/mol. The largest absolute Gasteiger partial charge is 0.469 e. The molecule has 0 N–H and O–H groups in total. The second-order valence-corrected chi connectivity index (χ2v) is 5.71. The number of carbonyl (C=O) groups is 1. The van der Waals surface area contributed by atoms with Gasteiger partial charge < -0.3 is 9.64 Å². The molecule has 1 heterocycles. The number of anilines is 1. The zero-order valence-electron chi connectivity index (χ0n) is 12.3. The zero-order chi connectivity index (χ0) is 14.0. The normalized spacial score (nSPS) is 15.5. The highest BCUT2D eigenvalue weighted by Gasteiger charge is 2.24. The predicted octanol–water partition coefficient (Wildman–Crippen LogP) is 2.67. The van der Waals surface area contributed by atoms with Crippen LogP contribution in [0.25, 0.3) is 0 Å². The van der Waals surface area contributed by atoms with E-state index in [1.807, 2.05) is 0 Å². The van der Waals surface area contributed by atoms with Crippen LogP contribution in [0.3, 0.4) is 0 Å². The minimum atomic E-state index is -0.104. The SMILES string of the molecule is COC(=O)C(Cc1ccc2c(c1)CCN2C)C(C)C. The Bertz CT molecular complexity index is 468. The number of hydrogen-bond acceptors (Lipinski definition) is 3. The van der Waals surface area contributed by atoms with E-state index in [-0.39, 0.29) is 11.9 Å². The number of rotatable bonds is 4. The van der Waals surface area contributed by atoms with E-state index in [0.29, 0.717) is 5.92 Å². The molecule has 0 aliphatic carbocycles. The van der Waals surface area contributed by atoms with Crippen LogP contribution in [0.15, 0.2) is 18.2 Å². The Labute approximate surface area is 115 Å². The van der Waals surface area contributed by atoms with Crippen LogP contribution >= 0.6 is 0 Å². The van der Waals surface area contributed by atoms with Crippen LogP contribution in [-0.2, 0) is 22.4 Å². The molecule has 1 aromatic carbocycles. The minimum Gasteiger partial charge on any atom is -0.469 e. The van der Waals surface area contributed by atoms with Gasteiger partial charge in [-0.2, -0.15) is 0 Å². The van der Waals surface area contributed by atoms with Crippen molar-refractivity contribution in [2.75, 3.05) is 25.6 Å². The highest BCUT2D eigenvalue weighted by atomic mass is 16.5. The van der Waals surface area contributed by atoms with Gasteiger partial charge in [0.25, 0.3) is 0 Å². The topological polar surface area (TPSA) is 29.5 Å². The third-order valence-corrected chi connectivity index (χ3v) is 4.04. The molecule has 0 aromatic heterocycles. The lowest BCUT2D eigenvalue weighted by atomic mass is 9.88. The van der Waals surface area contributed by atoms with Gasteiger partial charge in [-0.05, 0) is 36.0 Å². The van der Waals surface area contributed by atoms with E-state index in [1.165, 1.54) is 23.9 Å². The van der Waals surface area contributed by atoms with Gasteiger partial charge in [0, 0.05) is 19.3 Å². The molecule has 0 spiro atoms. The molecular formula is C16H23NO2. The van der Waals surface area contributed by atoms with Crippen LogP contribution in [0.4, 0.5) is 5.69 Å². The lowest BCUT2D eigenvalue weighted by molar-refractivity contribution is -0.146. The molecule has 0 saturated heterocycles. The summed E-state index contributed by atoms with van der Waals surface area (Å²) in [5, 5.41) is 0. The van der Waals surface area contributed by atoms with Crippen LogP contribution in [0, 0.1) is 11.8 Å². The lowest BCUT2D eigenvalue weighted by Crippen LogP contribution is -2.24. The van der Waals surface area contributed by atoms with Gasteiger partial charge in [0.05, 0.1) is 13.0 Å². The van der Waals surface area contributed by atoms with Crippen LogP contribution < -0.4 is 4.90 Å². The van der Waals surface area contributed by atoms with Crippen LogP contribution in [-0.4, -0.2) is 26.7 Å². The fourth-order valence-corrected chi connectivity index (χ4v) is 2.74. The molecule has 1 unspecified atom stereocenters. The number of ether oxygens (including phenoxy) is 1. The molecule has 3 nitrogen and oxygen atoms in total. The van der Waals surface area contributed by atoms with E-state index in [9.17, 15) is 4.79 Å². The molecule has 1 atom stereocenters. The van der Waals surface area contributed by atoms with Crippen molar-refractivity contribution in [1.29, 1.82) is 0 Å². The molecule has 0 amide bonds. The van der Waals surface area contributed by atoms with Crippen molar-refractivity contribution in [3.05, 3.63) is 29.3 Å². The lowest BCUT2D eigenvalue weighted by Gasteiger charge is -2.19. The molecule has 2 rings (SSSR count). The summed E-state index contributed by atoms with van der Waals surface area (Å²) in [6, 6.07) is 6.56. The zero-order valence-corrected chi connectivity index (χ0v) is 12.3. The van der Waals surface area contributed by atoms with Crippen molar-refractivity contribution in [1.82, 2.24) is 0 Å². The number of carbonyl (C=O) groups excluding carboxylic acids is 1. The van der Waals surface area contributed by atoms with Crippen molar-refractivity contribution in [3.8, 4) is 0 Å². The maximum absolute atomic E-state index is 11.8. The molecule has 104 valence electrons. The maximum atomic E-state index is 11.8. The van der Waals surface area contributed by atoms with E-state index in [0.717, 1.165) is 19.4 Å². The molecule has 1 aliphatic heterocycles. The average Bonchev–Trinajstić information content (AvgIpc) is 2.76. The van der Waals surface area contributed by atoms with Gasteiger partial charge >= 0.3 is 5.97 Å². The summed E-state index contributed by atoms with van der Waals surface area (Å²) in [4.78, 5) is 14.1. The summed E-state index contributed by atoms with van der Waals surface area (Å²) in [6.07, 6.45) is 1.87. The molecule has 0 saturated carbocycles. The summed E-state index contributed by atoms with van der Waals surface area (Å²) in [5.41, 5.74) is 3.95. The van der Waals surface area contributed by atoms with E-state index in [4.69, 9.17) is 4.74 Å². The van der Waals surface area contributed by atoms with Crippen molar-refractivity contribution in [2.45, 2.75) is 26.7 Å². The number of hydrogen-bond donors (Lipinski definition) is 0. The molecule has 1 aliphatic rings. The molecule has 3 heteroatoms. The van der Waals surface area contributed by atoms with Gasteiger partial charge in [-0.25, -0.2) is 0 Å². The van der Waals surface area contributed by atoms with Gasteiger partial charge in [-0.3, -0.25) is 4.79 Å². The van der Waals surface area contributed by atoms with Crippen molar-refractivity contribution in [3.63, 3.8) is 0 Å². The van der Waals surface area contributed by atoms with E-state index < -0.39 is 0 Å². The second-order valence-electron chi connectivity index (χ2n) is 5.71. The van der Waals surface area contributed by atoms with E-state index >= 15 is 0 Å². The Morgan fingerprint density at radius 2 is 2.16 bits per heavy atom. The Balaban J connectivity index is 2.16. The van der Waals surface area contributed by atoms with Gasteiger partial charge in [0.15, 0.2) is 0 Å². The summed E-state index contributed by atoms with van der Waals surface area (Å²) >= 11 is 0. The van der Waals surface area contributed by atoms with Gasteiger partial charge in [0.1, 0.15) is 0 Å². The summed E-state index contributed by atoms with van der Waals surface area (Å²) in [6.45, 7) is 5.23. The first-order valence-corrected chi connectivity index (χ1v) is 6.93. The molecular weight excluding hydrogens is 238 g/mol. The third kappa shape index (κ3) is 2.91. The maximum Gasteiger partial charge on any atom is 0.309 e. The average molecular weight is 261 g/mol. The first-order chi connectivity index (χ1) is 9.02. The summed E-state index contributed by atoms with van der Waals surface area (Å²) < 4.78 is 4.91. The van der Waals surface area contributed by atoms with E-state index in [1.54, 1.807) is 0 Å². The number of benzene rings is 1. The quantitative estimate of drug-likeness (QED) is 0.780. The first kappa shape index (κ1) is 13.9. The summed E-state index contributed by atoms with van der Waals surface area (Å²) in [5.74, 6) is 0.137. The molecule has 19 heavy (non-hydrogen) atoms. The number of esters is 1. The van der Waals surface area contributed by atoms with Crippen LogP contribution in [0.2, 0.25) is 0 Å². The minimum absolute atomic E-state index is 0.0535. The second kappa shape index (κ2) is 5.64.